The second kappa shape index (κ2) is 36.4. The number of aliphatic carboxylic acids is 1. The molecule has 1 atom stereocenters. The van der Waals surface area contributed by atoms with Crippen molar-refractivity contribution in [2.24, 2.45) is 0 Å². The Balaban J connectivity index is 3.78. The van der Waals surface area contributed by atoms with E-state index >= 15 is 0 Å². The first-order chi connectivity index (χ1) is 22.1. The summed E-state index contributed by atoms with van der Waals surface area (Å²) < 4.78 is 5.92. The molecule has 0 radical (unpaired) electrons. The molecule has 0 fully saturated rings. The van der Waals surface area contributed by atoms with E-state index in [0.29, 0.717) is 12.8 Å². The minimum absolute atomic E-state index is 0.000944. The summed E-state index contributed by atoms with van der Waals surface area (Å²) in [5.74, 6) is -0.687. The van der Waals surface area contributed by atoms with Crippen molar-refractivity contribution in [2.75, 3.05) is 0 Å². The van der Waals surface area contributed by atoms with Crippen molar-refractivity contribution in [1.29, 1.82) is 0 Å². The van der Waals surface area contributed by atoms with Gasteiger partial charge in [0.05, 0.1) is 0 Å². The van der Waals surface area contributed by atoms with Crippen LogP contribution in [0.5, 0.6) is 0 Å². The molecular formula is C41H72O4. The van der Waals surface area contributed by atoms with Gasteiger partial charge in [0, 0.05) is 12.8 Å². The number of hydrogen-bond donors (Lipinski definition) is 1. The van der Waals surface area contributed by atoms with Gasteiger partial charge < -0.3 is 9.84 Å². The molecule has 0 aromatic heterocycles. The standard InChI is InChI=1S/C41H72O4/c1-3-5-7-8-9-10-11-12-13-14-15-16-17-18-19-20-21-22-27-30-34-38-41(44)45-39(35-31-6-4-2)36-32-28-25-23-24-26-29-33-37-40(42)43/h9-10,12-13,15-16,18-19,39H,3-8,11,14,17,20-38H2,1-2H3,(H,42,43)/b10-9-,13-12-,16-15-,19-18-. The Morgan fingerprint density at radius 1 is 0.489 bits per heavy atom. The lowest BCUT2D eigenvalue weighted by Crippen LogP contribution is -2.18. The number of carbonyl (C=O) groups is 2. The Morgan fingerprint density at radius 3 is 1.38 bits per heavy atom. The Bertz CT molecular complexity index is 763. The SMILES string of the molecule is CCCCC/C=C\C/C=C\C/C=C\C/C=C\CCCCCCCC(=O)OC(CCCCC)CCCCCCCCCCC(=O)O. The molecule has 0 aliphatic carbocycles. The molecule has 0 heterocycles. The molecule has 4 heteroatoms. The third-order valence-corrected chi connectivity index (χ3v) is 8.30. The smallest absolute Gasteiger partial charge is 0.306 e. The van der Waals surface area contributed by atoms with E-state index in [1.807, 2.05) is 0 Å². The van der Waals surface area contributed by atoms with E-state index < -0.39 is 5.97 Å². The van der Waals surface area contributed by atoms with Crippen LogP contribution in [0.1, 0.15) is 194 Å². The first kappa shape index (κ1) is 42.9. The lowest BCUT2D eigenvalue weighted by molar-refractivity contribution is -0.150. The number of allylic oxidation sites excluding steroid dienone is 8. The van der Waals surface area contributed by atoms with Crippen molar-refractivity contribution >= 4 is 11.9 Å². The maximum absolute atomic E-state index is 12.5. The van der Waals surface area contributed by atoms with Crippen molar-refractivity contribution in [1.82, 2.24) is 0 Å². The summed E-state index contributed by atoms with van der Waals surface area (Å²) in [6.07, 6.45) is 48.7. The molecule has 0 saturated carbocycles. The average Bonchev–Trinajstić information content (AvgIpc) is 3.02. The molecule has 45 heavy (non-hydrogen) atoms. The van der Waals surface area contributed by atoms with Gasteiger partial charge in [0.15, 0.2) is 0 Å². The molecule has 0 aromatic carbocycles. The zero-order chi connectivity index (χ0) is 32.9. The third-order valence-electron chi connectivity index (χ3n) is 8.30. The van der Waals surface area contributed by atoms with E-state index in [4.69, 9.17) is 9.84 Å². The highest BCUT2D eigenvalue weighted by Crippen LogP contribution is 2.18. The molecule has 0 aliphatic heterocycles. The van der Waals surface area contributed by atoms with Crippen molar-refractivity contribution in [3.63, 3.8) is 0 Å². The van der Waals surface area contributed by atoms with Crippen LogP contribution in [0.4, 0.5) is 0 Å². The molecular weight excluding hydrogens is 556 g/mol. The molecule has 0 saturated heterocycles. The second-order valence-corrected chi connectivity index (χ2v) is 12.8. The van der Waals surface area contributed by atoms with Crippen LogP contribution in [0.3, 0.4) is 0 Å². The van der Waals surface area contributed by atoms with Gasteiger partial charge in [-0.3, -0.25) is 9.59 Å². The largest absolute Gasteiger partial charge is 0.481 e. The predicted octanol–water partition coefficient (Wildman–Crippen LogP) is 13.2. The van der Waals surface area contributed by atoms with E-state index in [9.17, 15) is 9.59 Å². The predicted molar refractivity (Wildman–Crippen MR) is 195 cm³/mol. The van der Waals surface area contributed by atoms with Gasteiger partial charge in [-0.2, -0.15) is 0 Å². The van der Waals surface area contributed by atoms with Gasteiger partial charge >= 0.3 is 11.9 Å². The maximum Gasteiger partial charge on any atom is 0.306 e. The Hall–Kier alpha value is -2.10. The number of hydrogen-bond acceptors (Lipinski definition) is 3. The van der Waals surface area contributed by atoms with Crippen LogP contribution in [-0.4, -0.2) is 23.1 Å². The highest BCUT2D eigenvalue weighted by molar-refractivity contribution is 5.69. The van der Waals surface area contributed by atoms with Crippen molar-refractivity contribution < 1.29 is 19.4 Å². The maximum atomic E-state index is 12.5. The number of ether oxygens (including phenoxy) is 1. The molecule has 1 N–H and O–H groups in total. The molecule has 0 spiro atoms. The fourth-order valence-electron chi connectivity index (χ4n) is 5.46. The fraction of sp³-hybridized carbons (Fsp3) is 0.756. The highest BCUT2D eigenvalue weighted by Gasteiger charge is 2.14. The van der Waals surface area contributed by atoms with Gasteiger partial charge in [-0.15, -0.1) is 0 Å². The zero-order valence-electron chi connectivity index (χ0n) is 29.7. The zero-order valence-corrected chi connectivity index (χ0v) is 29.7. The summed E-state index contributed by atoms with van der Waals surface area (Å²) in [6, 6.07) is 0. The van der Waals surface area contributed by atoms with Gasteiger partial charge in [0.25, 0.3) is 0 Å². The van der Waals surface area contributed by atoms with E-state index in [2.05, 4.69) is 62.5 Å². The first-order valence-corrected chi connectivity index (χ1v) is 19.1. The minimum Gasteiger partial charge on any atom is -0.481 e. The van der Waals surface area contributed by atoms with Crippen molar-refractivity contribution in [3.8, 4) is 0 Å². The number of carboxylic acid groups (broad SMARTS) is 1. The van der Waals surface area contributed by atoms with Gasteiger partial charge in [-0.1, -0.05) is 146 Å². The van der Waals surface area contributed by atoms with E-state index in [1.54, 1.807) is 0 Å². The Kier molecular flexibility index (Phi) is 34.7. The Labute approximate surface area is 279 Å². The minimum atomic E-state index is -0.686. The summed E-state index contributed by atoms with van der Waals surface area (Å²) in [4.78, 5) is 23.1. The third kappa shape index (κ3) is 36.2. The normalized spacial score (nSPS) is 12.8. The summed E-state index contributed by atoms with van der Waals surface area (Å²) in [6.45, 7) is 4.46. The summed E-state index contributed by atoms with van der Waals surface area (Å²) in [7, 11) is 0. The second-order valence-electron chi connectivity index (χ2n) is 12.8. The van der Waals surface area contributed by atoms with Crippen molar-refractivity contribution in [2.45, 2.75) is 200 Å². The number of esters is 1. The van der Waals surface area contributed by atoms with Crippen LogP contribution >= 0.6 is 0 Å². The quantitative estimate of drug-likeness (QED) is 0.0437. The summed E-state index contributed by atoms with van der Waals surface area (Å²) in [5, 5.41) is 8.70. The van der Waals surface area contributed by atoms with Crippen LogP contribution in [0.2, 0.25) is 0 Å². The Morgan fingerprint density at radius 2 is 0.867 bits per heavy atom. The topological polar surface area (TPSA) is 63.6 Å². The van der Waals surface area contributed by atoms with Crippen molar-refractivity contribution in [3.05, 3.63) is 48.6 Å². The van der Waals surface area contributed by atoms with Crippen LogP contribution < -0.4 is 0 Å². The fourth-order valence-corrected chi connectivity index (χ4v) is 5.46. The monoisotopic (exact) mass is 629 g/mol. The van der Waals surface area contributed by atoms with Gasteiger partial charge in [-0.25, -0.2) is 0 Å². The molecule has 0 amide bonds. The number of rotatable bonds is 34. The van der Waals surface area contributed by atoms with Crippen LogP contribution in [0.15, 0.2) is 48.6 Å². The van der Waals surface area contributed by atoms with Crippen LogP contribution in [0, 0.1) is 0 Å². The lowest BCUT2D eigenvalue weighted by atomic mass is 10.0. The van der Waals surface area contributed by atoms with Gasteiger partial charge in [0.2, 0.25) is 0 Å². The molecule has 0 rings (SSSR count). The number of unbranched alkanes of at least 4 members (excludes halogenated alkanes) is 17. The molecule has 0 bridgehead atoms. The molecule has 260 valence electrons. The molecule has 0 aliphatic rings. The van der Waals surface area contributed by atoms with Crippen LogP contribution in [0.25, 0.3) is 0 Å². The van der Waals surface area contributed by atoms with E-state index in [1.165, 1.54) is 83.5 Å². The first-order valence-electron chi connectivity index (χ1n) is 19.1. The van der Waals surface area contributed by atoms with Crippen LogP contribution in [-0.2, 0) is 14.3 Å². The van der Waals surface area contributed by atoms with E-state index in [-0.39, 0.29) is 12.1 Å². The lowest BCUT2D eigenvalue weighted by Gasteiger charge is -2.18. The number of carboxylic acids is 1. The highest BCUT2D eigenvalue weighted by atomic mass is 16.5. The summed E-state index contributed by atoms with van der Waals surface area (Å²) >= 11 is 0. The molecule has 1 unspecified atom stereocenters. The van der Waals surface area contributed by atoms with Gasteiger partial charge in [0.1, 0.15) is 6.10 Å². The van der Waals surface area contributed by atoms with Gasteiger partial charge in [-0.05, 0) is 83.5 Å². The average molecular weight is 629 g/mol. The number of carbonyl (C=O) groups excluding carboxylic acids is 1. The molecule has 4 nitrogen and oxygen atoms in total. The molecule has 0 aromatic rings. The summed E-state index contributed by atoms with van der Waals surface area (Å²) in [5.41, 5.74) is 0. The van der Waals surface area contributed by atoms with E-state index in [0.717, 1.165) is 83.5 Å².